The fourth-order valence-electron chi connectivity index (χ4n) is 1.28. The first-order valence-electron chi connectivity index (χ1n) is 6.06. The van der Waals surface area contributed by atoms with Gasteiger partial charge in [0.05, 0.1) is 43.7 Å². The van der Waals surface area contributed by atoms with Crippen molar-refractivity contribution in [3.8, 4) is 0 Å². The number of methoxy groups -OCH3 is 1. The van der Waals surface area contributed by atoms with E-state index < -0.39 is 0 Å². The molecule has 0 aliphatic heterocycles. The summed E-state index contributed by atoms with van der Waals surface area (Å²) < 4.78 is 15.6. The van der Waals surface area contributed by atoms with E-state index in [0.717, 1.165) is 10.6 Å². The van der Waals surface area contributed by atoms with E-state index >= 15 is 0 Å². The van der Waals surface area contributed by atoms with Crippen LogP contribution in [0.3, 0.4) is 0 Å². The van der Waals surface area contributed by atoms with Crippen LogP contribution in [0.15, 0.2) is 23.1 Å². The highest BCUT2D eigenvalue weighted by Crippen LogP contribution is 2.26. The van der Waals surface area contributed by atoms with Gasteiger partial charge in [0.25, 0.3) is 0 Å². The molecule has 0 spiro atoms. The summed E-state index contributed by atoms with van der Waals surface area (Å²) in [5, 5.41) is 0.595. The summed E-state index contributed by atoms with van der Waals surface area (Å²) in [5.41, 5.74) is 6.25. The van der Waals surface area contributed by atoms with Crippen LogP contribution in [0.5, 0.6) is 0 Å². The maximum Gasteiger partial charge on any atom is 0.0701 e. The molecule has 0 heterocycles. The van der Waals surface area contributed by atoms with E-state index in [1.807, 2.05) is 18.2 Å². The molecule has 0 aromatic heterocycles. The van der Waals surface area contributed by atoms with E-state index in [1.54, 1.807) is 18.9 Å². The van der Waals surface area contributed by atoms with Crippen molar-refractivity contribution in [2.45, 2.75) is 4.90 Å². The molecule has 0 amide bonds. The standard InChI is InChI=1S/C13H20ClNO3S/c1-16-4-5-17-6-7-18-8-9-19-11-2-3-13(15)12(14)10-11/h2-3,10H,4-9,15H2,1H3. The van der Waals surface area contributed by atoms with E-state index in [-0.39, 0.29) is 0 Å². The summed E-state index contributed by atoms with van der Waals surface area (Å²) in [5.74, 6) is 0.873. The normalized spacial score (nSPS) is 10.8. The Kier molecular flexibility index (Phi) is 9.03. The van der Waals surface area contributed by atoms with Gasteiger partial charge in [0.1, 0.15) is 0 Å². The average Bonchev–Trinajstić information content (AvgIpc) is 2.41. The molecule has 0 unspecified atom stereocenters. The van der Waals surface area contributed by atoms with Gasteiger partial charge < -0.3 is 19.9 Å². The Bertz CT molecular complexity index is 366. The molecule has 0 bridgehead atoms. The van der Waals surface area contributed by atoms with Gasteiger partial charge in [-0.1, -0.05) is 11.6 Å². The van der Waals surface area contributed by atoms with Gasteiger partial charge in [-0.05, 0) is 18.2 Å². The fourth-order valence-corrected chi connectivity index (χ4v) is 2.33. The molecule has 1 aromatic rings. The number of hydrogen-bond acceptors (Lipinski definition) is 5. The SMILES string of the molecule is COCCOCCOCCSc1ccc(N)c(Cl)c1. The van der Waals surface area contributed by atoms with E-state index in [0.29, 0.717) is 43.7 Å². The van der Waals surface area contributed by atoms with Crippen LogP contribution in [0, 0.1) is 0 Å². The van der Waals surface area contributed by atoms with Crippen LogP contribution in [0.4, 0.5) is 5.69 Å². The van der Waals surface area contributed by atoms with Crippen molar-refractivity contribution in [1.82, 2.24) is 0 Å². The zero-order chi connectivity index (χ0) is 13.9. The number of thioether (sulfide) groups is 1. The Labute approximate surface area is 123 Å². The van der Waals surface area contributed by atoms with Gasteiger partial charge in [-0.3, -0.25) is 0 Å². The lowest BCUT2D eigenvalue weighted by molar-refractivity contribution is 0.0286. The number of hydrogen-bond donors (Lipinski definition) is 1. The quantitative estimate of drug-likeness (QED) is 0.409. The van der Waals surface area contributed by atoms with E-state index in [1.165, 1.54) is 0 Å². The van der Waals surface area contributed by atoms with Gasteiger partial charge in [-0.2, -0.15) is 0 Å². The molecular formula is C13H20ClNO3S. The number of ether oxygens (including phenoxy) is 3. The number of anilines is 1. The summed E-state index contributed by atoms with van der Waals surface area (Å²) >= 11 is 7.63. The van der Waals surface area contributed by atoms with Crippen LogP contribution < -0.4 is 5.73 Å². The van der Waals surface area contributed by atoms with E-state index in [4.69, 9.17) is 31.5 Å². The fraction of sp³-hybridized carbons (Fsp3) is 0.538. The molecule has 0 radical (unpaired) electrons. The maximum absolute atomic E-state index is 5.94. The van der Waals surface area contributed by atoms with Gasteiger partial charge in [0, 0.05) is 17.8 Å². The summed E-state index contributed by atoms with van der Waals surface area (Å²) in [6.07, 6.45) is 0. The van der Waals surface area contributed by atoms with Crippen LogP contribution in [-0.2, 0) is 14.2 Å². The second-order valence-electron chi connectivity index (χ2n) is 3.75. The molecule has 1 rings (SSSR count). The van der Waals surface area contributed by atoms with Crippen LogP contribution in [0.25, 0.3) is 0 Å². The monoisotopic (exact) mass is 305 g/mol. The molecule has 0 saturated heterocycles. The lowest BCUT2D eigenvalue weighted by Gasteiger charge is -2.06. The predicted octanol–water partition coefficient (Wildman–Crippen LogP) is 2.69. The Morgan fingerprint density at radius 2 is 1.79 bits per heavy atom. The van der Waals surface area contributed by atoms with Gasteiger partial charge in [0.2, 0.25) is 0 Å². The second kappa shape index (κ2) is 10.3. The second-order valence-corrected chi connectivity index (χ2v) is 5.32. The highest BCUT2D eigenvalue weighted by Gasteiger charge is 1.99. The summed E-state index contributed by atoms with van der Waals surface area (Å²) in [6.45, 7) is 3.11. The third kappa shape index (κ3) is 7.64. The zero-order valence-electron chi connectivity index (χ0n) is 11.1. The third-order valence-electron chi connectivity index (χ3n) is 2.27. The minimum absolute atomic E-state index is 0.595. The lowest BCUT2D eigenvalue weighted by Crippen LogP contribution is -2.09. The third-order valence-corrected chi connectivity index (χ3v) is 3.56. The van der Waals surface area contributed by atoms with Crippen molar-refractivity contribution in [3.63, 3.8) is 0 Å². The van der Waals surface area contributed by atoms with Crippen molar-refractivity contribution < 1.29 is 14.2 Å². The maximum atomic E-state index is 5.94. The Balaban J connectivity index is 2.00. The minimum atomic E-state index is 0.595. The lowest BCUT2D eigenvalue weighted by atomic mass is 10.3. The number of rotatable bonds is 10. The van der Waals surface area contributed by atoms with Gasteiger partial charge in [0.15, 0.2) is 0 Å². The first-order valence-corrected chi connectivity index (χ1v) is 7.42. The molecule has 19 heavy (non-hydrogen) atoms. The number of nitrogen functional groups attached to an aromatic ring is 1. The van der Waals surface area contributed by atoms with Gasteiger partial charge in [-0.15, -0.1) is 11.8 Å². The molecule has 1 aromatic carbocycles. The molecule has 6 heteroatoms. The molecule has 0 aliphatic carbocycles. The molecule has 108 valence electrons. The molecule has 0 atom stereocenters. The molecule has 2 N–H and O–H groups in total. The smallest absolute Gasteiger partial charge is 0.0701 e. The molecule has 0 saturated carbocycles. The number of benzene rings is 1. The van der Waals surface area contributed by atoms with Crippen LogP contribution in [0.2, 0.25) is 5.02 Å². The number of halogens is 1. The Hall–Kier alpha value is -0.460. The summed E-state index contributed by atoms with van der Waals surface area (Å²) in [4.78, 5) is 1.10. The van der Waals surface area contributed by atoms with Crippen molar-refractivity contribution in [2.24, 2.45) is 0 Å². The largest absolute Gasteiger partial charge is 0.398 e. The molecule has 0 aliphatic rings. The molecular weight excluding hydrogens is 286 g/mol. The highest BCUT2D eigenvalue weighted by atomic mass is 35.5. The van der Waals surface area contributed by atoms with Crippen molar-refractivity contribution >= 4 is 29.1 Å². The minimum Gasteiger partial charge on any atom is -0.398 e. The van der Waals surface area contributed by atoms with E-state index in [9.17, 15) is 0 Å². The van der Waals surface area contributed by atoms with Crippen LogP contribution >= 0.6 is 23.4 Å². The van der Waals surface area contributed by atoms with E-state index in [2.05, 4.69) is 0 Å². The van der Waals surface area contributed by atoms with Gasteiger partial charge >= 0.3 is 0 Å². The zero-order valence-corrected chi connectivity index (χ0v) is 12.6. The van der Waals surface area contributed by atoms with Gasteiger partial charge in [-0.25, -0.2) is 0 Å². The number of nitrogens with two attached hydrogens (primary N) is 1. The Morgan fingerprint density at radius 3 is 2.47 bits per heavy atom. The Morgan fingerprint density at radius 1 is 1.11 bits per heavy atom. The molecule has 4 nitrogen and oxygen atoms in total. The topological polar surface area (TPSA) is 53.7 Å². The average molecular weight is 306 g/mol. The summed E-state index contributed by atoms with van der Waals surface area (Å²) in [6, 6.07) is 5.64. The highest BCUT2D eigenvalue weighted by molar-refractivity contribution is 7.99. The van der Waals surface area contributed by atoms with Crippen LogP contribution in [-0.4, -0.2) is 45.9 Å². The first-order chi connectivity index (χ1) is 9.24. The van der Waals surface area contributed by atoms with Crippen molar-refractivity contribution in [1.29, 1.82) is 0 Å². The first kappa shape index (κ1) is 16.6. The van der Waals surface area contributed by atoms with Crippen molar-refractivity contribution in [2.75, 3.05) is 51.6 Å². The predicted molar refractivity (Wildman–Crippen MR) is 80.1 cm³/mol. The summed E-state index contributed by atoms with van der Waals surface area (Å²) in [7, 11) is 1.65. The van der Waals surface area contributed by atoms with Crippen molar-refractivity contribution in [3.05, 3.63) is 23.2 Å². The van der Waals surface area contributed by atoms with Crippen LogP contribution in [0.1, 0.15) is 0 Å². The molecule has 0 fully saturated rings.